The maximum Gasteiger partial charge on any atom is 0.322 e. The Labute approximate surface area is 371 Å². The van der Waals surface area contributed by atoms with Crippen LogP contribution in [0.25, 0.3) is 12.2 Å². The van der Waals surface area contributed by atoms with Crippen LogP contribution in [0.1, 0.15) is 32.8 Å². The van der Waals surface area contributed by atoms with Crippen LogP contribution in [0.15, 0.2) is 72.8 Å². The SMILES string of the molecule is COc1cc(OC)c(C=CC(c2ccc(OC)c(NCC(=O)O)c2)S(=O)(=O)C(C=Cc2c(OC)cc(OC)cc2OC)c2ccc(OC)c(NCC(=O)O)c2)c(OC)c1.[Na]. The van der Waals surface area contributed by atoms with Crippen LogP contribution >= 0.6 is 0 Å². The molecule has 1 radical (unpaired) electrons. The number of carbonyl (C=O) groups is 2. The number of benzene rings is 4. The van der Waals surface area contributed by atoms with Crippen LogP contribution < -0.4 is 48.5 Å². The summed E-state index contributed by atoms with van der Waals surface area (Å²) in [6.07, 6.45) is 6.04. The molecule has 0 aliphatic heterocycles. The summed E-state index contributed by atoms with van der Waals surface area (Å²) >= 11 is 0. The van der Waals surface area contributed by atoms with Crippen molar-refractivity contribution in [2.45, 2.75) is 10.5 Å². The molecule has 16 nitrogen and oxygen atoms in total. The van der Waals surface area contributed by atoms with Crippen LogP contribution in [0.3, 0.4) is 0 Å². The number of hydrogen-bond donors (Lipinski definition) is 4. The Morgan fingerprint density at radius 1 is 0.533 bits per heavy atom. The van der Waals surface area contributed by atoms with Gasteiger partial charge >= 0.3 is 11.9 Å². The minimum absolute atomic E-state index is 0. The molecule has 0 spiro atoms. The van der Waals surface area contributed by atoms with Gasteiger partial charge in [0, 0.05) is 53.8 Å². The molecule has 0 bridgehead atoms. The molecule has 60 heavy (non-hydrogen) atoms. The Hall–Kier alpha value is -5.75. The van der Waals surface area contributed by atoms with Gasteiger partial charge in [0.1, 0.15) is 69.6 Å². The van der Waals surface area contributed by atoms with Gasteiger partial charge in [-0.05, 0) is 47.5 Å². The first kappa shape index (κ1) is 48.6. The number of methoxy groups -OCH3 is 8. The second-order valence-corrected chi connectivity index (χ2v) is 14.6. The third-order valence-electron chi connectivity index (χ3n) is 9.05. The van der Waals surface area contributed by atoms with Gasteiger partial charge in [0.25, 0.3) is 0 Å². The predicted octanol–water partition coefficient (Wildman–Crippen LogP) is 5.99. The Balaban J connectivity index is 0.00000961. The van der Waals surface area contributed by atoms with Gasteiger partial charge in [0.05, 0.1) is 79.4 Å². The summed E-state index contributed by atoms with van der Waals surface area (Å²) in [5, 5.41) is 21.6. The molecule has 2 atom stereocenters. The van der Waals surface area contributed by atoms with Crippen molar-refractivity contribution in [2.24, 2.45) is 0 Å². The first-order valence-corrected chi connectivity index (χ1v) is 19.4. The Bertz CT molecular complexity index is 2100. The second-order valence-electron chi connectivity index (χ2n) is 12.5. The molecule has 18 heteroatoms. The number of rotatable bonds is 22. The Morgan fingerprint density at radius 3 is 1.12 bits per heavy atom. The fourth-order valence-corrected chi connectivity index (χ4v) is 8.13. The van der Waals surface area contributed by atoms with Crippen LogP contribution in [0.5, 0.6) is 46.0 Å². The molecule has 0 amide bonds. The van der Waals surface area contributed by atoms with E-state index in [2.05, 4.69) is 10.6 Å². The van der Waals surface area contributed by atoms with E-state index >= 15 is 8.42 Å². The summed E-state index contributed by atoms with van der Waals surface area (Å²) in [6, 6.07) is 15.7. The van der Waals surface area contributed by atoms with Crippen molar-refractivity contribution >= 4 is 74.9 Å². The van der Waals surface area contributed by atoms with E-state index in [-0.39, 0.29) is 63.6 Å². The number of anilines is 2. The van der Waals surface area contributed by atoms with E-state index in [0.717, 1.165) is 0 Å². The summed E-state index contributed by atoms with van der Waals surface area (Å²) in [5.74, 6) is 0.414. The summed E-state index contributed by atoms with van der Waals surface area (Å²) in [6.45, 7) is -0.968. The minimum Gasteiger partial charge on any atom is -0.496 e. The maximum absolute atomic E-state index is 15.6. The molecule has 0 saturated heterocycles. The summed E-state index contributed by atoms with van der Waals surface area (Å²) in [7, 11) is 7.07. The molecule has 4 aromatic carbocycles. The van der Waals surface area contributed by atoms with Crippen molar-refractivity contribution in [3.8, 4) is 46.0 Å². The molecular formula is C42H48N2NaO14S. The minimum atomic E-state index is -4.50. The van der Waals surface area contributed by atoms with Crippen molar-refractivity contribution in [3.63, 3.8) is 0 Å². The van der Waals surface area contributed by atoms with E-state index in [4.69, 9.17) is 37.9 Å². The van der Waals surface area contributed by atoms with Crippen molar-refractivity contribution < 1.29 is 66.1 Å². The molecule has 317 valence electrons. The fourth-order valence-electron chi connectivity index (χ4n) is 6.16. The summed E-state index contributed by atoms with van der Waals surface area (Å²) < 4.78 is 75.6. The molecule has 0 aliphatic rings. The molecule has 0 fully saturated rings. The zero-order chi connectivity index (χ0) is 43.3. The third-order valence-corrected chi connectivity index (χ3v) is 11.3. The van der Waals surface area contributed by atoms with Crippen molar-refractivity contribution in [3.05, 3.63) is 95.1 Å². The molecule has 4 N–H and O–H groups in total. The number of ether oxygens (including phenoxy) is 8. The first-order chi connectivity index (χ1) is 28.3. The number of carboxylic acid groups (broad SMARTS) is 2. The van der Waals surface area contributed by atoms with Gasteiger partial charge < -0.3 is 58.7 Å². The molecule has 0 heterocycles. The van der Waals surface area contributed by atoms with E-state index in [1.165, 1.54) is 93.3 Å². The topological polar surface area (TPSA) is 207 Å². The maximum atomic E-state index is 15.6. The van der Waals surface area contributed by atoms with Crippen molar-refractivity contribution in [1.82, 2.24) is 0 Å². The van der Waals surface area contributed by atoms with Gasteiger partial charge in [-0.15, -0.1) is 0 Å². The number of hydrogen-bond acceptors (Lipinski definition) is 14. The fraction of sp³-hybridized carbons (Fsp3) is 0.286. The van der Waals surface area contributed by atoms with Crippen molar-refractivity contribution in [2.75, 3.05) is 80.6 Å². The van der Waals surface area contributed by atoms with E-state index in [1.54, 1.807) is 48.6 Å². The second kappa shape index (κ2) is 22.6. The van der Waals surface area contributed by atoms with E-state index in [1.807, 2.05) is 0 Å². The van der Waals surface area contributed by atoms with Crippen LogP contribution in [-0.4, -0.2) is 130 Å². The van der Waals surface area contributed by atoms with Crippen molar-refractivity contribution in [1.29, 1.82) is 0 Å². The van der Waals surface area contributed by atoms with Crippen LogP contribution in [0.2, 0.25) is 0 Å². The van der Waals surface area contributed by atoms with E-state index < -0.39 is 45.4 Å². The van der Waals surface area contributed by atoms with E-state index in [0.29, 0.717) is 45.6 Å². The molecular weight excluding hydrogens is 812 g/mol. The van der Waals surface area contributed by atoms with E-state index in [9.17, 15) is 19.8 Å². The van der Waals surface area contributed by atoms with Gasteiger partial charge in [0.15, 0.2) is 9.84 Å². The zero-order valence-electron chi connectivity index (χ0n) is 34.9. The van der Waals surface area contributed by atoms with Gasteiger partial charge in [-0.2, -0.15) is 0 Å². The monoisotopic (exact) mass is 859 g/mol. The van der Waals surface area contributed by atoms with Crippen LogP contribution in [-0.2, 0) is 19.4 Å². The molecule has 0 aliphatic carbocycles. The van der Waals surface area contributed by atoms with Crippen LogP contribution in [0, 0.1) is 0 Å². The molecule has 4 rings (SSSR count). The van der Waals surface area contributed by atoms with Gasteiger partial charge in [0.2, 0.25) is 0 Å². The van der Waals surface area contributed by atoms with Crippen LogP contribution in [0.4, 0.5) is 11.4 Å². The zero-order valence-corrected chi connectivity index (χ0v) is 37.7. The predicted molar refractivity (Wildman–Crippen MR) is 229 cm³/mol. The Morgan fingerprint density at radius 2 is 0.850 bits per heavy atom. The Kier molecular flexibility index (Phi) is 18.3. The third kappa shape index (κ3) is 11.7. The number of aliphatic carboxylic acids is 2. The molecule has 2 unspecified atom stereocenters. The first-order valence-electron chi connectivity index (χ1n) is 17.7. The molecule has 4 aromatic rings. The summed E-state index contributed by atoms with van der Waals surface area (Å²) in [5.41, 5.74) is 1.72. The van der Waals surface area contributed by atoms with Gasteiger partial charge in [-0.3, -0.25) is 9.59 Å². The largest absolute Gasteiger partial charge is 0.496 e. The van der Waals surface area contributed by atoms with Gasteiger partial charge in [-0.1, -0.05) is 24.3 Å². The normalized spacial score (nSPS) is 12.1. The summed E-state index contributed by atoms with van der Waals surface area (Å²) in [4.78, 5) is 23.1. The average molecular weight is 860 g/mol. The average Bonchev–Trinajstić information content (AvgIpc) is 3.24. The van der Waals surface area contributed by atoms with Gasteiger partial charge in [-0.25, -0.2) is 8.42 Å². The smallest absolute Gasteiger partial charge is 0.322 e. The standard InChI is InChI=1S/C42H48N2O14S.Na/c1-51-27-19-35(55-5)29(36(20-27)56-6)11-15-39(25-9-13-33(53-3)31(17-25)43-23-41(45)46)59(49,50)40(26-10-14-34(54-4)32(18-26)44-24-42(47)48)16-12-30-37(57-7)21-28(52-2)22-38(30)58-8;/h9-22,39-40,43-44H,23-24H2,1-8H3,(H,45,46)(H,47,48);. The number of carboxylic acids is 2. The number of sulfone groups is 1. The molecule has 0 aromatic heterocycles. The quantitative estimate of drug-likeness (QED) is 0.0670. The number of nitrogens with one attached hydrogen (secondary N) is 2. The molecule has 0 saturated carbocycles.